The van der Waals surface area contributed by atoms with Crippen LogP contribution in [0.3, 0.4) is 0 Å². The molecule has 0 bridgehead atoms. The molecule has 2 N–H and O–H groups in total. The number of amides is 1. The maximum atomic E-state index is 12.7. The van der Waals surface area contributed by atoms with Gasteiger partial charge in [0.15, 0.2) is 0 Å². The number of benzene rings is 1. The molecule has 1 amide bonds. The van der Waals surface area contributed by atoms with Crippen molar-refractivity contribution in [3.8, 4) is 0 Å². The second-order valence-corrected chi connectivity index (χ2v) is 6.93. The average Bonchev–Trinajstić information content (AvgIpc) is 2.91. The zero-order chi connectivity index (χ0) is 20.4. The van der Waals surface area contributed by atoms with E-state index in [0.717, 1.165) is 6.08 Å². The van der Waals surface area contributed by atoms with Crippen LogP contribution in [0.2, 0.25) is 0 Å². The van der Waals surface area contributed by atoms with Crippen LogP contribution in [-0.4, -0.2) is 31.7 Å². The quantitative estimate of drug-likeness (QED) is 0.472. The van der Waals surface area contributed by atoms with E-state index in [1.807, 2.05) is 0 Å². The van der Waals surface area contributed by atoms with Gasteiger partial charge in [-0.05, 0) is 23.8 Å². The van der Waals surface area contributed by atoms with Gasteiger partial charge in [-0.2, -0.15) is 5.10 Å². The van der Waals surface area contributed by atoms with Crippen molar-refractivity contribution in [2.75, 3.05) is 5.32 Å². The summed E-state index contributed by atoms with van der Waals surface area (Å²) in [5.74, 6) is -1.77. The lowest BCUT2D eigenvalue weighted by atomic mass is 9.91. The zero-order valence-electron chi connectivity index (χ0n) is 15.4. The summed E-state index contributed by atoms with van der Waals surface area (Å²) in [4.78, 5) is 34.3. The number of carbonyl (C=O) groups is 2. The minimum Gasteiger partial charge on any atom is -0.478 e. The van der Waals surface area contributed by atoms with Crippen molar-refractivity contribution in [3.63, 3.8) is 0 Å². The van der Waals surface area contributed by atoms with E-state index < -0.39 is 22.2 Å². The molecule has 9 nitrogen and oxygen atoms in total. The molecule has 0 aliphatic carbocycles. The lowest BCUT2D eigenvalue weighted by Crippen LogP contribution is -2.18. The van der Waals surface area contributed by atoms with E-state index >= 15 is 0 Å². The van der Waals surface area contributed by atoms with Crippen LogP contribution in [0.4, 0.5) is 11.4 Å². The first-order chi connectivity index (χ1) is 12.5. The Balaban J connectivity index is 2.40. The number of hydrogen-bond donors (Lipinski definition) is 2. The van der Waals surface area contributed by atoms with Crippen LogP contribution in [0.5, 0.6) is 0 Å². The summed E-state index contributed by atoms with van der Waals surface area (Å²) < 4.78 is 1.20. The van der Waals surface area contributed by atoms with Crippen molar-refractivity contribution in [1.29, 1.82) is 0 Å². The van der Waals surface area contributed by atoms with E-state index in [1.54, 1.807) is 45.0 Å². The van der Waals surface area contributed by atoms with Crippen molar-refractivity contribution in [2.24, 2.45) is 7.05 Å². The second kappa shape index (κ2) is 7.40. The number of nitro groups is 1. The maximum Gasteiger partial charge on any atom is 0.328 e. The Morgan fingerprint density at radius 3 is 2.56 bits per heavy atom. The lowest BCUT2D eigenvalue weighted by Gasteiger charge is -2.13. The van der Waals surface area contributed by atoms with Gasteiger partial charge in [-0.1, -0.05) is 32.9 Å². The second-order valence-electron chi connectivity index (χ2n) is 6.93. The minimum atomic E-state index is -1.09. The fraction of sp³-hybridized carbons (Fsp3) is 0.278. The van der Waals surface area contributed by atoms with Crippen LogP contribution in [0.15, 0.2) is 30.3 Å². The topological polar surface area (TPSA) is 127 Å². The van der Waals surface area contributed by atoms with Gasteiger partial charge < -0.3 is 10.4 Å². The predicted molar refractivity (Wildman–Crippen MR) is 99.6 cm³/mol. The fourth-order valence-corrected chi connectivity index (χ4v) is 2.52. The van der Waals surface area contributed by atoms with Crippen LogP contribution >= 0.6 is 0 Å². The lowest BCUT2D eigenvalue weighted by molar-refractivity contribution is -0.386. The highest BCUT2D eigenvalue weighted by Crippen LogP contribution is 2.33. The van der Waals surface area contributed by atoms with Gasteiger partial charge in [0.1, 0.15) is 5.69 Å². The van der Waals surface area contributed by atoms with Gasteiger partial charge in [-0.3, -0.25) is 19.6 Å². The Morgan fingerprint density at radius 2 is 2.00 bits per heavy atom. The molecule has 0 aliphatic heterocycles. The number of nitrogens with one attached hydrogen (secondary N) is 1. The Hall–Kier alpha value is -3.49. The van der Waals surface area contributed by atoms with E-state index in [-0.39, 0.29) is 17.1 Å². The molecule has 9 heteroatoms. The molecule has 0 aliphatic rings. The summed E-state index contributed by atoms with van der Waals surface area (Å²) in [6.07, 6.45) is 2.35. The molecule has 1 aromatic heterocycles. The van der Waals surface area contributed by atoms with Crippen molar-refractivity contribution in [2.45, 2.75) is 26.2 Å². The van der Waals surface area contributed by atoms with Gasteiger partial charge in [-0.15, -0.1) is 0 Å². The molecule has 2 rings (SSSR count). The number of rotatable bonds is 5. The summed E-state index contributed by atoms with van der Waals surface area (Å²) >= 11 is 0. The molecular formula is C18H20N4O5. The Kier molecular flexibility index (Phi) is 5.44. The number of anilines is 1. The molecule has 0 spiro atoms. The summed E-state index contributed by atoms with van der Waals surface area (Å²) in [6, 6.07) is 6.46. The maximum absolute atomic E-state index is 12.7. The first-order valence-corrected chi connectivity index (χ1v) is 8.05. The third-order valence-corrected chi connectivity index (χ3v) is 3.69. The number of carbonyl (C=O) groups excluding carboxylic acids is 1. The zero-order valence-corrected chi connectivity index (χ0v) is 15.4. The summed E-state index contributed by atoms with van der Waals surface area (Å²) in [5.41, 5.74) is 0.0600. The van der Waals surface area contributed by atoms with E-state index in [2.05, 4.69) is 10.4 Å². The number of hydrogen-bond acceptors (Lipinski definition) is 5. The molecule has 1 heterocycles. The van der Waals surface area contributed by atoms with Crippen molar-refractivity contribution >= 4 is 29.3 Å². The fourth-order valence-electron chi connectivity index (χ4n) is 2.52. The number of aromatic nitrogens is 2. The summed E-state index contributed by atoms with van der Waals surface area (Å²) in [5, 5.41) is 27.0. The largest absolute Gasteiger partial charge is 0.478 e. The Morgan fingerprint density at radius 1 is 1.33 bits per heavy atom. The molecule has 0 radical (unpaired) electrons. The first-order valence-electron chi connectivity index (χ1n) is 8.05. The number of carboxylic acids is 1. The van der Waals surface area contributed by atoms with Gasteiger partial charge in [0.05, 0.1) is 4.92 Å². The average molecular weight is 372 g/mol. The highest BCUT2D eigenvalue weighted by atomic mass is 16.6. The van der Waals surface area contributed by atoms with Crippen LogP contribution < -0.4 is 5.32 Å². The van der Waals surface area contributed by atoms with E-state index in [1.165, 1.54) is 17.8 Å². The van der Waals surface area contributed by atoms with Gasteiger partial charge in [0.2, 0.25) is 5.69 Å². The van der Waals surface area contributed by atoms with Gasteiger partial charge >= 0.3 is 11.7 Å². The van der Waals surface area contributed by atoms with Crippen molar-refractivity contribution in [1.82, 2.24) is 9.78 Å². The number of aliphatic carboxylic acids is 1. The third kappa shape index (κ3) is 4.57. The minimum absolute atomic E-state index is 0.156. The molecule has 27 heavy (non-hydrogen) atoms. The summed E-state index contributed by atoms with van der Waals surface area (Å²) in [7, 11) is 1.48. The molecule has 1 aromatic carbocycles. The highest BCUT2D eigenvalue weighted by Gasteiger charge is 2.36. The van der Waals surface area contributed by atoms with Crippen molar-refractivity contribution < 1.29 is 19.6 Å². The monoisotopic (exact) mass is 372 g/mol. The van der Waals surface area contributed by atoms with Crippen molar-refractivity contribution in [3.05, 3.63) is 57.4 Å². The Labute approximate surface area is 155 Å². The summed E-state index contributed by atoms with van der Waals surface area (Å²) in [6.45, 7) is 5.34. The van der Waals surface area contributed by atoms with Gasteiger partial charge in [0, 0.05) is 24.2 Å². The number of nitrogens with zero attached hydrogens (tertiary/aromatic N) is 3. The molecule has 0 saturated carbocycles. The van der Waals surface area contributed by atoms with E-state index in [9.17, 15) is 19.7 Å². The number of aryl methyl sites for hydroxylation is 1. The van der Waals surface area contributed by atoms with Crippen LogP contribution in [0.1, 0.15) is 42.5 Å². The van der Waals surface area contributed by atoms with Crippen LogP contribution in [0, 0.1) is 10.1 Å². The molecule has 0 fully saturated rings. The molecule has 2 aromatic rings. The number of carboxylic acid groups (broad SMARTS) is 1. The smallest absolute Gasteiger partial charge is 0.328 e. The third-order valence-electron chi connectivity index (χ3n) is 3.69. The highest BCUT2D eigenvalue weighted by molar-refractivity contribution is 6.06. The predicted octanol–water partition coefficient (Wildman–Crippen LogP) is 2.98. The molecule has 0 atom stereocenters. The first kappa shape index (κ1) is 19.8. The molecule has 142 valence electrons. The standard InChI is InChI=1S/C18H20N4O5/c1-18(2,3)16-14(22(26)27)15(21(4)20-16)17(25)19-12-7-5-6-11(10-12)8-9-13(23)24/h5-10H,1-4H3,(H,19,25)(H,23,24). The van der Waals surface area contributed by atoms with Gasteiger partial charge in [0.25, 0.3) is 5.91 Å². The normalized spacial score (nSPS) is 11.6. The Bertz CT molecular complexity index is 938. The van der Waals surface area contributed by atoms with E-state index in [4.69, 9.17) is 5.11 Å². The molecule has 0 unspecified atom stereocenters. The SMILES string of the molecule is Cn1nc(C(C)(C)C)c([N+](=O)[O-])c1C(=O)Nc1cccc(C=CC(=O)O)c1. The van der Waals surface area contributed by atoms with Crippen LogP contribution in [-0.2, 0) is 17.3 Å². The van der Waals surface area contributed by atoms with E-state index in [0.29, 0.717) is 11.3 Å². The van der Waals surface area contributed by atoms with Crippen LogP contribution in [0.25, 0.3) is 6.08 Å². The molecule has 0 saturated heterocycles. The molecular weight excluding hydrogens is 352 g/mol. The van der Waals surface area contributed by atoms with Gasteiger partial charge in [-0.25, -0.2) is 4.79 Å².